The highest BCUT2D eigenvalue weighted by Crippen LogP contribution is 2.40. The van der Waals surface area contributed by atoms with E-state index in [4.69, 9.17) is 0 Å². The second-order valence-corrected chi connectivity index (χ2v) is 6.71. The minimum absolute atomic E-state index is 0.0564. The van der Waals surface area contributed by atoms with Crippen LogP contribution in [0, 0.1) is 6.92 Å². The summed E-state index contributed by atoms with van der Waals surface area (Å²) in [5, 5.41) is 25.8. The number of carbonyl (C=O) groups excluding carboxylic acids is 1. The number of carboxylic acids is 1. The van der Waals surface area contributed by atoms with Crippen LogP contribution in [0.15, 0.2) is 36.4 Å². The number of hydrogen-bond acceptors (Lipinski definition) is 4. The number of carboxylic acid groups (broad SMARTS) is 1. The summed E-state index contributed by atoms with van der Waals surface area (Å²) in [5.41, 5.74) is 4.11. The number of aliphatic hydroxyl groups is 1. The van der Waals surface area contributed by atoms with Gasteiger partial charge in [-0.05, 0) is 43.0 Å². The van der Waals surface area contributed by atoms with E-state index < -0.39 is 18.2 Å². The van der Waals surface area contributed by atoms with Gasteiger partial charge >= 0.3 is 12.0 Å². The molecule has 0 aliphatic carbocycles. The van der Waals surface area contributed by atoms with Crippen molar-refractivity contribution in [1.29, 1.82) is 0 Å². The van der Waals surface area contributed by atoms with Gasteiger partial charge in [0.25, 0.3) is 0 Å². The lowest BCUT2D eigenvalue weighted by Gasteiger charge is -2.31. The third-order valence-corrected chi connectivity index (χ3v) is 5.14. The number of aromatic carboxylic acids is 1. The fourth-order valence-corrected chi connectivity index (χ4v) is 3.73. The maximum atomic E-state index is 12.9. The van der Waals surface area contributed by atoms with E-state index in [1.165, 1.54) is 16.1 Å². The minimum Gasteiger partial charge on any atom is -0.478 e. The number of nitrogens with zero attached hydrogens (tertiary/aromatic N) is 2. The number of nitrogens with one attached hydrogen (secondary N) is 1. The predicted molar refractivity (Wildman–Crippen MR) is 106 cm³/mol. The average molecular weight is 383 g/mol. The summed E-state index contributed by atoms with van der Waals surface area (Å²) in [4.78, 5) is 24.5. The lowest BCUT2D eigenvalue weighted by Crippen LogP contribution is -2.49. The summed E-state index contributed by atoms with van der Waals surface area (Å²) >= 11 is 0. The molecule has 7 nitrogen and oxygen atoms in total. The van der Waals surface area contributed by atoms with Crippen molar-refractivity contribution in [1.82, 2.24) is 10.3 Å². The highest BCUT2D eigenvalue weighted by atomic mass is 16.4. The Morgan fingerprint density at radius 1 is 1.14 bits per heavy atom. The third-order valence-electron chi connectivity index (χ3n) is 5.14. The lowest BCUT2D eigenvalue weighted by molar-refractivity contribution is 0.0369. The Balaban J connectivity index is 1.87. The first-order valence-corrected chi connectivity index (χ1v) is 9.36. The Morgan fingerprint density at radius 2 is 1.86 bits per heavy atom. The van der Waals surface area contributed by atoms with Crippen LogP contribution in [0.5, 0.6) is 0 Å². The standard InChI is InChI=1S/C21H25N3O4/c1-4-14-9-6-8-13(3)17(14)12-22-21(28)24-19(25)15-10-7-11-16(20(26)27)18(15)23(24)5-2/h6-11,19,25H,4-5,12H2,1-3H3,(H,22,28)(H,26,27). The molecule has 1 atom stereocenters. The zero-order valence-corrected chi connectivity index (χ0v) is 16.3. The Labute approximate surface area is 164 Å². The molecule has 2 amide bonds. The Bertz CT molecular complexity index is 913. The maximum absolute atomic E-state index is 12.9. The molecule has 1 unspecified atom stereocenters. The molecule has 28 heavy (non-hydrogen) atoms. The molecule has 1 aliphatic rings. The number of benzene rings is 2. The van der Waals surface area contributed by atoms with Gasteiger partial charge in [0.2, 0.25) is 0 Å². The number of urea groups is 1. The monoisotopic (exact) mass is 383 g/mol. The first-order chi connectivity index (χ1) is 13.4. The molecule has 0 radical (unpaired) electrons. The van der Waals surface area contributed by atoms with Crippen molar-refractivity contribution in [2.75, 3.05) is 11.6 Å². The van der Waals surface area contributed by atoms with Crippen LogP contribution in [0.25, 0.3) is 0 Å². The van der Waals surface area contributed by atoms with Gasteiger partial charge in [-0.25, -0.2) is 14.6 Å². The van der Waals surface area contributed by atoms with Crippen molar-refractivity contribution in [2.24, 2.45) is 0 Å². The van der Waals surface area contributed by atoms with Crippen LogP contribution in [0.2, 0.25) is 0 Å². The van der Waals surface area contributed by atoms with Gasteiger partial charge in [0, 0.05) is 18.7 Å². The Hall–Kier alpha value is -3.06. The fraction of sp³-hybridized carbons (Fsp3) is 0.333. The van der Waals surface area contributed by atoms with Crippen LogP contribution in [0.3, 0.4) is 0 Å². The predicted octanol–water partition coefficient (Wildman–Crippen LogP) is 3.21. The van der Waals surface area contributed by atoms with E-state index in [9.17, 15) is 19.8 Å². The van der Waals surface area contributed by atoms with E-state index >= 15 is 0 Å². The topological polar surface area (TPSA) is 93.1 Å². The fourth-order valence-electron chi connectivity index (χ4n) is 3.73. The molecule has 1 heterocycles. The number of hydrogen-bond donors (Lipinski definition) is 3. The summed E-state index contributed by atoms with van der Waals surface area (Å²) in [6.45, 7) is 6.53. The number of amides is 2. The first kappa shape index (κ1) is 19.7. The number of hydrazine groups is 1. The number of fused-ring (bicyclic) bond motifs is 1. The van der Waals surface area contributed by atoms with E-state index in [2.05, 4.69) is 12.2 Å². The molecule has 0 aromatic heterocycles. The minimum atomic E-state index is -1.24. The summed E-state index contributed by atoms with van der Waals surface area (Å²) in [7, 11) is 0. The molecule has 0 bridgehead atoms. The summed E-state index contributed by atoms with van der Waals surface area (Å²) < 4.78 is 0. The number of para-hydroxylation sites is 1. The van der Waals surface area contributed by atoms with Crippen molar-refractivity contribution in [3.05, 3.63) is 64.2 Å². The molecule has 148 valence electrons. The second-order valence-electron chi connectivity index (χ2n) is 6.71. The van der Waals surface area contributed by atoms with E-state index in [0.29, 0.717) is 24.3 Å². The third kappa shape index (κ3) is 3.29. The second kappa shape index (κ2) is 7.90. The van der Waals surface area contributed by atoms with Crippen LogP contribution in [0.1, 0.15) is 52.7 Å². The molecular formula is C21H25N3O4. The van der Waals surface area contributed by atoms with E-state index in [-0.39, 0.29) is 5.56 Å². The van der Waals surface area contributed by atoms with Gasteiger partial charge in [-0.1, -0.05) is 37.3 Å². The van der Waals surface area contributed by atoms with Gasteiger partial charge in [-0.2, -0.15) is 0 Å². The molecule has 3 N–H and O–H groups in total. The van der Waals surface area contributed by atoms with Crippen molar-refractivity contribution in [2.45, 2.75) is 40.0 Å². The maximum Gasteiger partial charge on any atom is 0.339 e. The number of aliphatic hydroxyl groups excluding tert-OH is 1. The van der Waals surface area contributed by atoms with Gasteiger partial charge in [0.15, 0.2) is 6.23 Å². The Morgan fingerprint density at radius 3 is 2.50 bits per heavy atom. The van der Waals surface area contributed by atoms with Crippen LogP contribution < -0.4 is 10.3 Å². The zero-order valence-electron chi connectivity index (χ0n) is 16.3. The van der Waals surface area contributed by atoms with Crippen molar-refractivity contribution < 1.29 is 19.8 Å². The van der Waals surface area contributed by atoms with Crippen molar-refractivity contribution in [3.8, 4) is 0 Å². The quantitative estimate of drug-likeness (QED) is 0.737. The van der Waals surface area contributed by atoms with E-state index in [1.54, 1.807) is 19.1 Å². The SMILES string of the molecule is CCc1cccc(C)c1CNC(=O)N1C(O)c2cccc(C(=O)O)c2N1CC. The molecule has 2 aromatic carbocycles. The highest BCUT2D eigenvalue weighted by Gasteiger charge is 2.40. The molecule has 3 rings (SSSR count). The molecule has 2 aromatic rings. The largest absolute Gasteiger partial charge is 0.478 e. The van der Waals surface area contributed by atoms with Gasteiger partial charge < -0.3 is 15.5 Å². The summed E-state index contributed by atoms with van der Waals surface area (Å²) in [6, 6.07) is 10.2. The van der Waals surface area contributed by atoms with E-state index in [1.807, 2.05) is 25.1 Å². The number of anilines is 1. The number of aryl methyl sites for hydroxylation is 2. The summed E-state index contributed by atoms with van der Waals surface area (Å²) in [5.74, 6) is -1.10. The van der Waals surface area contributed by atoms with Crippen LogP contribution >= 0.6 is 0 Å². The van der Waals surface area contributed by atoms with Gasteiger partial charge in [0.05, 0.1) is 11.3 Å². The molecule has 0 saturated carbocycles. The van der Waals surface area contributed by atoms with Crippen molar-refractivity contribution >= 4 is 17.7 Å². The van der Waals surface area contributed by atoms with Crippen LogP contribution in [0.4, 0.5) is 10.5 Å². The number of carbonyl (C=O) groups is 2. The molecule has 7 heteroatoms. The van der Waals surface area contributed by atoms with Crippen LogP contribution in [-0.4, -0.2) is 33.8 Å². The van der Waals surface area contributed by atoms with Gasteiger partial charge in [-0.15, -0.1) is 0 Å². The van der Waals surface area contributed by atoms with E-state index in [0.717, 1.165) is 23.1 Å². The molecule has 0 saturated heterocycles. The molecule has 0 spiro atoms. The molecule has 0 fully saturated rings. The number of rotatable bonds is 5. The van der Waals surface area contributed by atoms with Gasteiger partial charge in [-0.3, -0.25) is 5.01 Å². The van der Waals surface area contributed by atoms with Gasteiger partial charge in [0.1, 0.15) is 0 Å². The first-order valence-electron chi connectivity index (χ1n) is 9.36. The normalized spacial score (nSPS) is 15.5. The summed E-state index contributed by atoms with van der Waals surface area (Å²) in [6.07, 6.45) is -0.384. The average Bonchev–Trinajstić information content (AvgIpc) is 2.98. The highest BCUT2D eigenvalue weighted by molar-refractivity contribution is 5.97. The zero-order chi connectivity index (χ0) is 20.4. The smallest absolute Gasteiger partial charge is 0.339 e. The Kier molecular flexibility index (Phi) is 5.56. The van der Waals surface area contributed by atoms with Crippen molar-refractivity contribution in [3.63, 3.8) is 0 Å². The molecular weight excluding hydrogens is 358 g/mol. The lowest BCUT2D eigenvalue weighted by atomic mass is 10.0. The molecule has 1 aliphatic heterocycles. The van der Waals surface area contributed by atoms with Crippen LogP contribution in [-0.2, 0) is 13.0 Å².